The lowest BCUT2D eigenvalue weighted by Gasteiger charge is -2.11. The predicted octanol–water partition coefficient (Wildman–Crippen LogP) is 4.47. The summed E-state index contributed by atoms with van der Waals surface area (Å²) < 4.78 is 15.9. The Morgan fingerprint density at radius 2 is 2.30 bits per heavy atom. The van der Waals surface area contributed by atoms with Gasteiger partial charge in [0.25, 0.3) is 0 Å². The average Bonchev–Trinajstić information content (AvgIpc) is 3.01. The number of hydrogen-bond donors (Lipinski definition) is 1. The van der Waals surface area contributed by atoms with Gasteiger partial charge in [-0.2, -0.15) is 0 Å². The zero-order valence-electron chi connectivity index (χ0n) is 11.2. The molecule has 3 aromatic rings. The largest absolute Gasteiger partial charge is 0.330 e. The first kappa shape index (κ1) is 13.5. The minimum absolute atomic E-state index is 0.0343. The summed E-state index contributed by atoms with van der Waals surface area (Å²) in [6.45, 7) is 4.17. The number of imidazole rings is 1. The average molecular weight is 307 g/mol. The molecule has 0 fully saturated rings. The summed E-state index contributed by atoms with van der Waals surface area (Å²) in [7, 11) is 0. The van der Waals surface area contributed by atoms with Crippen molar-refractivity contribution in [1.82, 2.24) is 14.5 Å². The minimum Gasteiger partial charge on any atom is -0.330 e. The third-order valence-corrected chi connectivity index (χ3v) is 4.95. The van der Waals surface area contributed by atoms with Crippen LogP contribution in [-0.4, -0.2) is 14.5 Å². The molecule has 1 N–H and O–H groups in total. The van der Waals surface area contributed by atoms with Crippen LogP contribution in [-0.2, 0) is 6.42 Å². The molecule has 0 aliphatic heterocycles. The van der Waals surface area contributed by atoms with Gasteiger partial charge in [-0.1, -0.05) is 6.92 Å². The summed E-state index contributed by atoms with van der Waals surface area (Å²) in [4.78, 5) is 8.78. The standard InChI is InChI=1S/C14H14FN3S2/c1-3-10-7-16-13(20-10)8(2)18-12-5-4-9(15)6-11(12)17-14(18)19/h4-8H,3H2,1-2H3,(H,17,19). The van der Waals surface area contributed by atoms with Crippen molar-refractivity contribution in [3.05, 3.63) is 44.9 Å². The maximum absolute atomic E-state index is 13.3. The van der Waals surface area contributed by atoms with Crippen molar-refractivity contribution in [2.75, 3.05) is 0 Å². The fourth-order valence-electron chi connectivity index (χ4n) is 2.28. The Balaban J connectivity index is 2.13. The number of halogens is 1. The van der Waals surface area contributed by atoms with E-state index in [1.54, 1.807) is 17.4 Å². The lowest BCUT2D eigenvalue weighted by Crippen LogP contribution is -2.06. The van der Waals surface area contributed by atoms with Gasteiger partial charge in [-0.05, 0) is 43.8 Å². The van der Waals surface area contributed by atoms with E-state index in [1.807, 2.05) is 10.8 Å². The van der Waals surface area contributed by atoms with Crippen LogP contribution in [0.15, 0.2) is 24.4 Å². The van der Waals surface area contributed by atoms with E-state index in [1.165, 1.54) is 17.0 Å². The maximum Gasteiger partial charge on any atom is 0.178 e. The van der Waals surface area contributed by atoms with Crippen molar-refractivity contribution in [1.29, 1.82) is 0 Å². The second kappa shape index (κ2) is 5.10. The highest BCUT2D eigenvalue weighted by Crippen LogP contribution is 2.27. The molecule has 3 nitrogen and oxygen atoms in total. The van der Waals surface area contributed by atoms with Gasteiger partial charge in [0.2, 0.25) is 0 Å². The number of aryl methyl sites for hydroxylation is 1. The van der Waals surface area contributed by atoms with E-state index in [0.717, 1.165) is 16.9 Å². The highest BCUT2D eigenvalue weighted by molar-refractivity contribution is 7.71. The predicted molar refractivity (Wildman–Crippen MR) is 82.4 cm³/mol. The van der Waals surface area contributed by atoms with Crippen LogP contribution in [0.2, 0.25) is 0 Å². The van der Waals surface area contributed by atoms with Crippen LogP contribution in [0.1, 0.15) is 29.8 Å². The van der Waals surface area contributed by atoms with Crippen LogP contribution in [0.4, 0.5) is 4.39 Å². The molecule has 0 aliphatic rings. The number of thiazole rings is 1. The fraction of sp³-hybridized carbons (Fsp3) is 0.286. The molecule has 104 valence electrons. The van der Waals surface area contributed by atoms with Crippen molar-refractivity contribution in [3.63, 3.8) is 0 Å². The van der Waals surface area contributed by atoms with Crippen LogP contribution < -0.4 is 0 Å². The van der Waals surface area contributed by atoms with Crippen LogP contribution >= 0.6 is 23.6 Å². The highest BCUT2D eigenvalue weighted by atomic mass is 32.1. The summed E-state index contributed by atoms with van der Waals surface area (Å²) in [6.07, 6.45) is 2.89. The number of aromatic nitrogens is 3. The summed E-state index contributed by atoms with van der Waals surface area (Å²) >= 11 is 7.06. The Morgan fingerprint density at radius 1 is 1.50 bits per heavy atom. The van der Waals surface area contributed by atoms with Gasteiger partial charge >= 0.3 is 0 Å². The first-order chi connectivity index (χ1) is 9.60. The van der Waals surface area contributed by atoms with Crippen molar-refractivity contribution in [2.45, 2.75) is 26.3 Å². The second-order valence-corrected chi connectivity index (χ2v) is 6.19. The van der Waals surface area contributed by atoms with Gasteiger partial charge in [0.05, 0.1) is 17.1 Å². The van der Waals surface area contributed by atoms with Crippen LogP contribution in [0.3, 0.4) is 0 Å². The second-order valence-electron chi connectivity index (χ2n) is 4.66. The molecule has 2 aromatic heterocycles. The fourth-order valence-corrected chi connectivity index (χ4v) is 3.54. The summed E-state index contributed by atoms with van der Waals surface area (Å²) in [6, 6.07) is 4.70. The molecule has 6 heteroatoms. The highest BCUT2D eigenvalue weighted by Gasteiger charge is 2.16. The Bertz CT molecular complexity index is 815. The normalized spacial score (nSPS) is 12.9. The summed E-state index contributed by atoms with van der Waals surface area (Å²) in [5, 5.41) is 1.02. The number of fused-ring (bicyclic) bond motifs is 1. The minimum atomic E-state index is -0.268. The molecular formula is C14H14FN3S2. The molecule has 0 aliphatic carbocycles. The number of nitrogens with one attached hydrogen (secondary N) is 1. The molecule has 3 rings (SSSR count). The van der Waals surface area contributed by atoms with Gasteiger partial charge in [-0.3, -0.25) is 0 Å². The molecule has 0 saturated heterocycles. The third-order valence-electron chi connectivity index (χ3n) is 3.34. The third kappa shape index (κ3) is 2.19. The van der Waals surface area contributed by atoms with Gasteiger partial charge in [0.15, 0.2) is 4.77 Å². The van der Waals surface area contributed by atoms with Gasteiger partial charge < -0.3 is 9.55 Å². The number of H-pyrrole nitrogens is 1. The molecule has 20 heavy (non-hydrogen) atoms. The molecule has 0 radical (unpaired) electrons. The van der Waals surface area contributed by atoms with Crippen LogP contribution in [0, 0.1) is 10.6 Å². The lowest BCUT2D eigenvalue weighted by molar-refractivity contribution is 0.627. The molecule has 0 amide bonds. The smallest absolute Gasteiger partial charge is 0.178 e. The lowest BCUT2D eigenvalue weighted by atomic mass is 10.3. The Kier molecular flexibility index (Phi) is 3.43. The van der Waals surface area contributed by atoms with Crippen molar-refractivity contribution < 1.29 is 4.39 Å². The Hall–Kier alpha value is -1.53. The van der Waals surface area contributed by atoms with E-state index in [4.69, 9.17) is 12.2 Å². The van der Waals surface area contributed by atoms with Crippen molar-refractivity contribution >= 4 is 34.6 Å². The number of hydrogen-bond acceptors (Lipinski definition) is 3. The number of rotatable bonds is 3. The molecule has 0 saturated carbocycles. The van der Waals surface area contributed by atoms with E-state index in [2.05, 4.69) is 23.8 Å². The first-order valence-corrected chi connectivity index (χ1v) is 7.67. The van der Waals surface area contributed by atoms with Gasteiger partial charge in [0.1, 0.15) is 10.8 Å². The maximum atomic E-state index is 13.3. The first-order valence-electron chi connectivity index (χ1n) is 6.44. The van der Waals surface area contributed by atoms with E-state index in [9.17, 15) is 4.39 Å². The SMILES string of the molecule is CCc1cnc(C(C)n2c(=S)[nH]c3cc(F)ccc32)s1. The molecule has 1 atom stereocenters. The zero-order valence-corrected chi connectivity index (χ0v) is 12.8. The number of benzene rings is 1. The Labute approximate surface area is 125 Å². The molecular weight excluding hydrogens is 293 g/mol. The number of aromatic amines is 1. The van der Waals surface area contributed by atoms with Gasteiger partial charge in [-0.15, -0.1) is 11.3 Å². The zero-order chi connectivity index (χ0) is 14.3. The van der Waals surface area contributed by atoms with Crippen molar-refractivity contribution in [2.24, 2.45) is 0 Å². The topological polar surface area (TPSA) is 33.6 Å². The molecule has 2 heterocycles. The van der Waals surface area contributed by atoms with E-state index < -0.39 is 0 Å². The van der Waals surface area contributed by atoms with E-state index >= 15 is 0 Å². The molecule has 1 unspecified atom stereocenters. The molecule has 0 spiro atoms. The number of nitrogens with zero attached hydrogens (tertiary/aromatic N) is 2. The van der Waals surface area contributed by atoms with Crippen LogP contribution in [0.25, 0.3) is 11.0 Å². The molecule has 1 aromatic carbocycles. The molecule has 0 bridgehead atoms. The quantitative estimate of drug-likeness (QED) is 0.724. The Morgan fingerprint density at radius 3 is 3.00 bits per heavy atom. The monoisotopic (exact) mass is 307 g/mol. The van der Waals surface area contributed by atoms with Gasteiger partial charge in [-0.25, -0.2) is 9.37 Å². The summed E-state index contributed by atoms with van der Waals surface area (Å²) in [5.41, 5.74) is 1.62. The summed E-state index contributed by atoms with van der Waals surface area (Å²) in [5.74, 6) is -0.268. The van der Waals surface area contributed by atoms with E-state index in [0.29, 0.717) is 10.3 Å². The van der Waals surface area contributed by atoms with Crippen molar-refractivity contribution in [3.8, 4) is 0 Å². The van der Waals surface area contributed by atoms with E-state index in [-0.39, 0.29) is 11.9 Å². The van der Waals surface area contributed by atoms with Crippen LogP contribution in [0.5, 0.6) is 0 Å². The van der Waals surface area contributed by atoms with Gasteiger partial charge in [0, 0.05) is 11.1 Å².